The number of esters is 2. The van der Waals surface area contributed by atoms with Crippen molar-refractivity contribution in [2.45, 2.75) is 26.8 Å². The number of thiazole rings is 1. The number of methoxy groups -OCH3 is 1. The van der Waals surface area contributed by atoms with E-state index in [1.807, 2.05) is 0 Å². The average molecular weight is 625 g/mol. The highest BCUT2D eigenvalue weighted by Crippen LogP contribution is 2.36. The third-order valence-electron chi connectivity index (χ3n) is 6.24. The lowest BCUT2D eigenvalue weighted by atomic mass is 9.95. The fourth-order valence-corrected chi connectivity index (χ4v) is 5.63. The average Bonchev–Trinajstić information content (AvgIpc) is 3.29. The van der Waals surface area contributed by atoms with Gasteiger partial charge in [0, 0.05) is 10.6 Å². The summed E-state index contributed by atoms with van der Waals surface area (Å²) in [5.74, 6) is 2.32. The Hall–Kier alpha value is -4.53. The lowest BCUT2D eigenvalue weighted by Crippen LogP contribution is -2.40. The van der Waals surface area contributed by atoms with Crippen LogP contribution in [0.2, 0.25) is 5.02 Å². The van der Waals surface area contributed by atoms with Crippen LogP contribution in [0.3, 0.4) is 0 Å². The molecule has 1 aliphatic heterocycles. The van der Waals surface area contributed by atoms with Crippen molar-refractivity contribution in [2.75, 3.05) is 33.5 Å². The highest BCUT2D eigenvalue weighted by Gasteiger charge is 2.34. The minimum absolute atomic E-state index is 0.0350. The van der Waals surface area contributed by atoms with Gasteiger partial charge in [-0.2, -0.15) is 0 Å². The third-order valence-corrected chi connectivity index (χ3v) is 7.46. The van der Waals surface area contributed by atoms with Crippen molar-refractivity contribution in [3.8, 4) is 29.6 Å². The summed E-state index contributed by atoms with van der Waals surface area (Å²) in [7, 11) is 1.26. The predicted octanol–water partition coefficient (Wildman–Crippen LogP) is 3.41. The van der Waals surface area contributed by atoms with Crippen LogP contribution in [-0.2, 0) is 19.1 Å². The molecule has 2 heterocycles. The van der Waals surface area contributed by atoms with Crippen LogP contribution in [0.1, 0.15) is 37.9 Å². The molecule has 0 radical (unpaired) electrons. The molecule has 1 aromatic heterocycles. The normalized spacial score (nSPS) is 14.3. The zero-order chi connectivity index (χ0) is 31.1. The quantitative estimate of drug-likeness (QED) is 0.236. The van der Waals surface area contributed by atoms with Crippen molar-refractivity contribution in [3.63, 3.8) is 0 Å². The number of aromatic nitrogens is 1. The first-order valence-corrected chi connectivity index (χ1v) is 14.4. The molecule has 224 valence electrons. The largest absolute Gasteiger partial charge is 0.490 e. The number of benzene rings is 2. The minimum Gasteiger partial charge on any atom is -0.490 e. The third kappa shape index (κ3) is 6.93. The molecule has 4 rings (SSSR count). The van der Waals surface area contributed by atoms with Crippen LogP contribution in [0.25, 0.3) is 6.08 Å². The van der Waals surface area contributed by atoms with Gasteiger partial charge in [-0.3, -0.25) is 9.36 Å². The predicted molar refractivity (Wildman–Crippen MR) is 161 cm³/mol. The standard InChI is InChI=1S/C31H29ClN2O8S/c1-6-13-41-22-12-10-21(32)14-20(22)16-25-29(36)34-28(27(30(37)40-8-3)18(4)33-31(34)43-25)19-9-11-23(24(15-19)39-7-2)42-17-26(35)38-5/h1,9-12,14-16,28H,7-8,13,17H2,2-5H3/b25-16+/t28-/m0/s1. The highest BCUT2D eigenvalue weighted by atomic mass is 35.5. The number of nitrogens with zero attached hydrogens (tertiary/aromatic N) is 2. The number of rotatable bonds is 11. The van der Waals surface area contributed by atoms with Crippen LogP contribution in [0.4, 0.5) is 0 Å². The van der Waals surface area contributed by atoms with E-state index in [4.69, 9.17) is 37.0 Å². The van der Waals surface area contributed by atoms with E-state index in [0.717, 1.165) is 11.3 Å². The monoisotopic (exact) mass is 624 g/mol. The second-order valence-corrected chi connectivity index (χ2v) is 10.4. The highest BCUT2D eigenvalue weighted by molar-refractivity contribution is 7.07. The summed E-state index contributed by atoms with van der Waals surface area (Å²) in [6.07, 6.45) is 7.01. The first-order chi connectivity index (χ1) is 20.7. The molecular formula is C31H29ClN2O8S. The number of terminal acetylenes is 1. The molecule has 1 aliphatic rings. The van der Waals surface area contributed by atoms with Crippen LogP contribution in [0.15, 0.2) is 57.5 Å². The number of carbonyl (C=O) groups excluding carboxylic acids is 2. The van der Waals surface area contributed by atoms with Crippen molar-refractivity contribution in [1.29, 1.82) is 0 Å². The summed E-state index contributed by atoms with van der Waals surface area (Å²) in [4.78, 5) is 43.9. The van der Waals surface area contributed by atoms with E-state index in [0.29, 0.717) is 55.0 Å². The lowest BCUT2D eigenvalue weighted by molar-refractivity contribution is -0.143. The van der Waals surface area contributed by atoms with E-state index in [2.05, 4.69) is 15.6 Å². The van der Waals surface area contributed by atoms with Crippen molar-refractivity contribution < 1.29 is 33.3 Å². The lowest BCUT2D eigenvalue weighted by Gasteiger charge is -2.25. The molecule has 0 N–H and O–H groups in total. The van der Waals surface area contributed by atoms with Gasteiger partial charge >= 0.3 is 11.9 Å². The summed E-state index contributed by atoms with van der Waals surface area (Å²) in [5.41, 5.74) is 1.31. The number of allylic oxidation sites excluding steroid dienone is 1. The van der Waals surface area contributed by atoms with Gasteiger partial charge < -0.3 is 23.7 Å². The number of hydrogen-bond donors (Lipinski definition) is 0. The minimum atomic E-state index is -0.900. The fraction of sp³-hybridized carbons (Fsp3) is 0.290. The zero-order valence-electron chi connectivity index (χ0n) is 24.0. The van der Waals surface area contributed by atoms with Gasteiger partial charge in [-0.15, -0.1) is 6.42 Å². The van der Waals surface area contributed by atoms with E-state index in [-0.39, 0.29) is 25.4 Å². The molecule has 0 unspecified atom stereocenters. The van der Waals surface area contributed by atoms with E-state index in [1.54, 1.807) is 63.2 Å². The first-order valence-electron chi connectivity index (χ1n) is 13.2. The van der Waals surface area contributed by atoms with Crippen molar-refractivity contribution in [2.24, 2.45) is 4.99 Å². The smallest absolute Gasteiger partial charge is 0.343 e. The Bertz CT molecular complexity index is 1800. The molecule has 0 fully saturated rings. The molecule has 2 aromatic carbocycles. The Morgan fingerprint density at radius 2 is 1.86 bits per heavy atom. The van der Waals surface area contributed by atoms with Gasteiger partial charge in [-0.1, -0.05) is 34.9 Å². The molecule has 0 spiro atoms. The van der Waals surface area contributed by atoms with E-state index in [9.17, 15) is 14.4 Å². The molecular weight excluding hydrogens is 596 g/mol. The van der Waals surface area contributed by atoms with E-state index in [1.165, 1.54) is 11.7 Å². The van der Waals surface area contributed by atoms with Crippen LogP contribution in [-0.4, -0.2) is 50.0 Å². The SMILES string of the molecule is C#CCOc1ccc(Cl)cc1/C=c1/sc2n(c1=O)[C@@H](c1ccc(OCC(=O)OC)c(OCC)c1)C(C(=O)OCC)=C(C)N=2. The number of ether oxygens (including phenoxy) is 5. The molecule has 3 aromatic rings. The Balaban J connectivity index is 1.91. The summed E-state index contributed by atoms with van der Waals surface area (Å²) in [6, 6.07) is 9.07. The Kier molecular flexibility index (Phi) is 10.3. The summed E-state index contributed by atoms with van der Waals surface area (Å²) >= 11 is 7.40. The number of carbonyl (C=O) groups is 2. The van der Waals surface area contributed by atoms with Gasteiger partial charge in [-0.25, -0.2) is 14.6 Å². The van der Waals surface area contributed by atoms with Crippen LogP contribution in [0, 0.1) is 12.3 Å². The molecule has 12 heteroatoms. The van der Waals surface area contributed by atoms with Gasteiger partial charge in [0.15, 0.2) is 22.9 Å². The Morgan fingerprint density at radius 3 is 2.56 bits per heavy atom. The van der Waals surface area contributed by atoms with Crippen molar-refractivity contribution >= 4 is 41.0 Å². The van der Waals surface area contributed by atoms with Crippen LogP contribution >= 0.6 is 22.9 Å². The van der Waals surface area contributed by atoms with Crippen molar-refractivity contribution in [1.82, 2.24) is 4.57 Å². The van der Waals surface area contributed by atoms with Gasteiger partial charge in [0.2, 0.25) is 0 Å². The van der Waals surface area contributed by atoms with Gasteiger partial charge in [0.1, 0.15) is 12.4 Å². The van der Waals surface area contributed by atoms with E-state index >= 15 is 0 Å². The van der Waals surface area contributed by atoms with E-state index < -0.39 is 23.5 Å². The Labute approximate surface area is 256 Å². The maximum Gasteiger partial charge on any atom is 0.343 e. The molecule has 0 bridgehead atoms. The molecule has 1 atom stereocenters. The van der Waals surface area contributed by atoms with Crippen LogP contribution < -0.4 is 29.1 Å². The molecule has 0 amide bonds. The van der Waals surface area contributed by atoms with Gasteiger partial charge in [0.25, 0.3) is 5.56 Å². The Morgan fingerprint density at radius 1 is 1.09 bits per heavy atom. The van der Waals surface area contributed by atoms with Gasteiger partial charge in [0.05, 0.1) is 42.2 Å². The number of halogens is 1. The maximum absolute atomic E-state index is 14.0. The topological polar surface area (TPSA) is 115 Å². The summed E-state index contributed by atoms with van der Waals surface area (Å²) in [6.45, 7) is 5.32. The van der Waals surface area contributed by atoms with Gasteiger partial charge in [-0.05, 0) is 62.7 Å². The number of hydrogen-bond acceptors (Lipinski definition) is 10. The molecule has 0 saturated heterocycles. The van der Waals surface area contributed by atoms with Crippen LogP contribution in [0.5, 0.6) is 17.2 Å². The number of fused-ring (bicyclic) bond motifs is 1. The summed E-state index contributed by atoms with van der Waals surface area (Å²) in [5, 5.41) is 0.448. The van der Waals surface area contributed by atoms with Crippen molar-refractivity contribution in [3.05, 3.63) is 83.5 Å². The first kappa shape index (κ1) is 31.4. The molecule has 0 saturated carbocycles. The maximum atomic E-state index is 14.0. The molecule has 43 heavy (non-hydrogen) atoms. The second-order valence-electron chi connectivity index (χ2n) is 8.98. The molecule has 10 nitrogen and oxygen atoms in total. The second kappa shape index (κ2) is 14.1. The molecule has 0 aliphatic carbocycles. The summed E-state index contributed by atoms with van der Waals surface area (Å²) < 4.78 is 28.9. The fourth-order valence-electron chi connectivity index (χ4n) is 4.41. The zero-order valence-corrected chi connectivity index (χ0v) is 25.5.